The van der Waals surface area contributed by atoms with Crippen LogP contribution < -0.4 is 5.32 Å². The normalized spacial score (nSPS) is 15.7. The van der Waals surface area contributed by atoms with Crippen LogP contribution in [0.3, 0.4) is 0 Å². The summed E-state index contributed by atoms with van der Waals surface area (Å²) in [6.07, 6.45) is 0.117. The Bertz CT molecular complexity index is 1100. The van der Waals surface area contributed by atoms with E-state index < -0.39 is 12.1 Å². The fourth-order valence-corrected chi connectivity index (χ4v) is 3.25. The van der Waals surface area contributed by atoms with Crippen LogP contribution in [-0.4, -0.2) is 44.1 Å². The summed E-state index contributed by atoms with van der Waals surface area (Å²) in [4.78, 5) is 17.9. The second kappa shape index (κ2) is 8.10. The van der Waals surface area contributed by atoms with Crippen molar-refractivity contribution in [1.82, 2.24) is 25.6 Å². The number of aryl methyl sites for hydroxylation is 1. The molecule has 4 heterocycles. The van der Waals surface area contributed by atoms with Crippen molar-refractivity contribution < 1.29 is 32.1 Å². The lowest BCUT2D eigenvalue weighted by Gasteiger charge is -2.19. The lowest BCUT2D eigenvalue weighted by Crippen LogP contribution is -2.24. The lowest BCUT2D eigenvalue weighted by atomic mass is 9.95. The van der Waals surface area contributed by atoms with Crippen LogP contribution in [0.15, 0.2) is 21.3 Å². The van der Waals surface area contributed by atoms with Gasteiger partial charge in [-0.15, -0.1) is 0 Å². The van der Waals surface area contributed by atoms with E-state index in [1.807, 2.05) is 19.2 Å². The molecular weight excluding hydrogens is 419 g/mol. The summed E-state index contributed by atoms with van der Waals surface area (Å²) in [7, 11) is 0. The van der Waals surface area contributed by atoms with Crippen LogP contribution in [0, 0.1) is 6.92 Å². The Hall–Kier alpha value is -3.28. The highest BCUT2D eigenvalue weighted by molar-refractivity contribution is 5.73. The average molecular weight is 437 g/mol. The molecule has 0 saturated heterocycles. The van der Waals surface area contributed by atoms with Crippen LogP contribution >= 0.6 is 0 Å². The average Bonchev–Trinajstić information content (AvgIpc) is 3.25. The second-order valence-electron chi connectivity index (χ2n) is 7.26. The van der Waals surface area contributed by atoms with Crippen LogP contribution in [0.2, 0.25) is 0 Å². The molecule has 0 spiro atoms. The van der Waals surface area contributed by atoms with Gasteiger partial charge in [-0.25, -0.2) is 4.79 Å². The molecule has 2 N–H and O–H groups in total. The number of nitrogens with zero attached hydrogens (tertiary/aromatic N) is 4. The first-order chi connectivity index (χ1) is 14.7. The lowest BCUT2D eigenvalue weighted by molar-refractivity contribution is -0.192. The fraction of sp³-hybridized carbons (Fsp3) is 0.421. The smallest absolute Gasteiger partial charge is 0.475 e. The SMILES string of the molecule is Cc1ncc2c(c1-c1noc(-c3cc(C4CC4)on3)n1)CCNC2.O=C(O)C(F)(F)F. The number of pyridine rings is 1. The highest BCUT2D eigenvalue weighted by Gasteiger charge is 2.38. The maximum atomic E-state index is 10.6. The molecule has 2 aliphatic rings. The molecule has 1 fully saturated rings. The molecule has 9 nitrogen and oxygen atoms in total. The number of rotatable bonds is 3. The van der Waals surface area contributed by atoms with Gasteiger partial charge in [0, 0.05) is 36.0 Å². The number of fused-ring (bicyclic) bond motifs is 1. The van der Waals surface area contributed by atoms with Crippen molar-refractivity contribution in [3.05, 3.63) is 34.8 Å². The molecule has 5 rings (SSSR count). The van der Waals surface area contributed by atoms with Crippen LogP contribution in [0.25, 0.3) is 23.0 Å². The van der Waals surface area contributed by atoms with Crippen LogP contribution in [0.4, 0.5) is 13.2 Å². The molecule has 0 atom stereocenters. The third-order valence-electron chi connectivity index (χ3n) is 4.95. The van der Waals surface area contributed by atoms with Crippen LogP contribution in [0.5, 0.6) is 0 Å². The molecule has 0 unspecified atom stereocenters. The Morgan fingerprint density at radius 3 is 2.68 bits per heavy atom. The monoisotopic (exact) mass is 437 g/mol. The quantitative estimate of drug-likeness (QED) is 0.635. The molecule has 1 aliphatic carbocycles. The van der Waals surface area contributed by atoms with Gasteiger partial charge in [-0.3, -0.25) is 4.98 Å². The van der Waals surface area contributed by atoms with E-state index in [1.54, 1.807) is 0 Å². The summed E-state index contributed by atoms with van der Waals surface area (Å²) >= 11 is 0. The predicted molar refractivity (Wildman–Crippen MR) is 98.8 cm³/mol. The molecule has 0 amide bonds. The molecular formula is C19H18F3N5O4. The molecule has 12 heteroatoms. The fourth-order valence-electron chi connectivity index (χ4n) is 3.25. The van der Waals surface area contributed by atoms with Gasteiger partial charge in [-0.1, -0.05) is 10.3 Å². The third kappa shape index (κ3) is 4.58. The molecule has 0 bridgehead atoms. The summed E-state index contributed by atoms with van der Waals surface area (Å²) in [5.74, 6) is -0.372. The zero-order valence-corrected chi connectivity index (χ0v) is 16.4. The maximum absolute atomic E-state index is 10.6. The van der Waals surface area contributed by atoms with Gasteiger partial charge in [-0.05, 0) is 43.9 Å². The molecule has 1 saturated carbocycles. The van der Waals surface area contributed by atoms with Crippen molar-refractivity contribution in [2.24, 2.45) is 0 Å². The number of aromatic nitrogens is 4. The van der Waals surface area contributed by atoms with Crippen molar-refractivity contribution in [3.63, 3.8) is 0 Å². The van der Waals surface area contributed by atoms with E-state index in [-0.39, 0.29) is 0 Å². The number of halogens is 3. The predicted octanol–water partition coefficient (Wildman–Crippen LogP) is 3.25. The standard InChI is InChI=1S/C17H17N5O2.C2HF3O2/c1-9-15(12-4-5-18-7-11(12)8-19-9)16-20-17(24-22-16)13-6-14(23-21-13)10-2-3-10;3-2(4,5)1(6)7/h6,8,10,18H,2-5,7H2,1H3;(H,6,7). The number of carbonyl (C=O) groups is 1. The summed E-state index contributed by atoms with van der Waals surface area (Å²) in [5.41, 5.74) is 4.96. The van der Waals surface area contributed by atoms with Crippen LogP contribution in [-0.2, 0) is 17.8 Å². The molecule has 3 aromatic rings. The van der Waals surface area contributed by atoms with Crippen LogP contribution in [0.1, 0.15) is 41.3 Å². The zero-order chi connectivity index (χ0) is 22.2. The minimum absolute atomic E-state index is 0.395. The summed E-state index contributed by atoms with van der Waals surface area (Å²) in [6.45, 7) is 3.76. The summed E-state index contributed by atoms with van der Waals surface area (Å²) < 4.78 is 42.5. The number of nitrogens with one attached hydrogen (secondary N) is 1. The first-order valence-corrected chi connectivity index (χ1v) is 9.53. The van der Waals surface area contributed by atoms with Gasteiger partial charge in [0.2, 0.25) is 5.82 Å². The number of alkyl halides is 3. The zero-order valence-electron chi connectivity index (χ0n) is 16.4. The van der Waals surface area contributed by atoms with E-state index in [0.29, 0.717) is 23.3 Å². The van der Waals surface area contributed by atoms with Gasteiger partial charge in [-0.2, -0.15) is 18.2 Å². The Labute approximate surface area is 173 Å². The van der Waals surface area contributed by atoms with E-state index in [2.05, 4.69) is 25.6 Å². The number of hydrogen-bond acceptors (Lipinski definition) is 8. The van der Waals surface area contributed by atoms with E-state index in [0.717, 1.165) is 36.5 Å². The van der Waals surface area contributed by atoms with Gasteiger partial charge in [0.05, 0.1) is 0 Å². The highest BCUT2D eigenvalue weighted by atomic mass is 19.4. The Morgan fingerprint density at radius 1 is 1.26 bits per heavy atom. The van der Waals surface area contributed by atoms with Crippen molar-refractivity contribution in [2.45, 2.75) is 44.8 Å². The first kappa shape index (κ1) is 21.0. The van der Waals surface area contributed by atoms with Crippen molar-refractivity contribution in [2.75, 3.05) is 6.54 Å². The van der Waals surface area contributed by atoms with E-state index in [9.17, 15) is 13.2 Å². The Morgan fingerprint density at radius 2 is 2.00 bits per heavy atom. The molecule has 0 aromatic carbocycles. The summed E-state index contributed by atoms with van der Waals surface area (Å²) in [5, 5.41) is 18.7. The first-order valence-electron chi connectivity index (χ1n) is 9.53. The molecule has 3 aromatic heterocycles. The van der Waals surface area contributed by atoms with Gasteiger partial charge < -0.3 is 19.5 Å². The summed E-state index contributed by atoms with van der Waals surface area (Å²) in [6, 6.07) is 1.91. The third-order valence-corrected chi connectivity index (χ3v) is 4.95. The Balaban J connectivity index is 0.000000289. The highest BCUT2D eigenvalue weighted by Crippen LogP contribution is 2.41. The van der Waals surface area contributed by atoms with E-state index >= 15 is 0 Å². The second-order valence-corrected chi connectivity index (χ2v) is 7.26. The molecule has 31 heavy (non-hydrogen) atoms. The Kier molecular flexibility index (Phi) is 5.48. The van der Waals surface area contributed by atoms with Crippen molar-refractivity contribution in [1.29, 1.82) is 0 Å². The van der Waals surface area contributed by atoms with E-state index in [4.69, 9.17) is 18.9 Å². The molecule has 1 aliphatic heterocycles. The van der Waals surface area contributed by atoms with Crippen molar-refractivity contribution in [3.8, 4) is 23.0 Å². The number of aliphatic carboxylic acids is 1. The number of carboxylic acid groups (broad SMARTS) is 1. The largest absolute Gasteiger partial charge is 0.490 e. The van der Waals surface area contributed by atoms with Gasteiger partial charge >= 0.3 is 12.1 Å². The topological polar surface area (TPSA) is 127 Å². The maximum Gasteiger partial charge on any atom is 0.490 e. The minimum Gasteiger partial charge on any atom is -0.475 e. The van der Waals surface area contributed by atoms with Crippen molar-refractivity contribution >= 4 is 5.97 Å². The number of hydrogen-bond donors (Lipinski definition) is 2. The van der Waals surface area contributed by atoms with Gasteiger partial charge in [0.1, 0.15) is 5.76 Å². The molecule has 0 radical (unpaired) electrons. The van der Waals surface area contributed by atoms with Gasteiger partial charge in [0.25, 0.3) is 5.89 Å². The van der Waals surface area contributed by atoms with Gasteiger partial charge in [0.15, 0.2) is 5.69 Å². The minimum atomic E-state index is -5.08. The number of carboxylic acids is 1. The van der Waals surface area contributed by atoms with E-state index in [1.165, 1.54) is 24.0 Å². The molecule has 164 valence electrons.